The number of aryl methyl sites for hydroxylation is 7. The summed E-state index contributed by atoms with van der Waals surface area (Å²) in [6.45, 7) is -0.0122. The number of amides is 11. The van der Waals surface area contributed by atoms with Gasteiger partial charge >= 0.3 is 0 Å². The van der Waals surface area contributed by atoms with Crippen LogP contribution in [0, 0.1) is 0 Å². The molecule has 0 radical (unpaired) electrons. The minimum Gasteiger partial charge on any atom is -0.364 e. The Bertz CT molecular complexity index is 4090. The van der Waals surface area contributed by atoms with Crippen molar-refractivity contribution < 1.29 is 52.7 Å². The van der Waals surface area contributed by atoms with E-state index in [0.29, 0.717) is 28.4 Å². The Morgan fingerprint density at radius 1 is 0.416 bits per heavy atom. The Balaban J connectivity index is 0.735. The highest BCUT2D eigenvalue weighted by molar-refractivity contribution is 6.09. The van der Waals surface area contributed by atoms with E-state index in [1.807, 2.05) is 0 Å². The number of nitrogens with zero attached hydrogens (tertiary/aromatic N) is 8. The fourth-order valence-electron chi connectivity index (χ4n) is 9.28. The van der Waals surface area contributed by atoms with Gasteiger partial charge in [-0.25, -0.2) is 4.98 Å². The van der Waals surface area contributed by atoms with Crippen LogP contribution in [0.3, 0.4) is 0 Å². The summed E-state index contributed by atoms with van der Waals surface area (Å²) in [5.41, 5.74) is 15.1. The number of rotatable bonds is 25. The minimum atomic E-state index is -1.08. The number of imidazole rings is 1. The fraction of sp³-hybridized carbons (Fsp3) is 0.241. The van der Waals surface area contributed by atoms with Crippen LogP contribution >= 0.6 is 0 Å². The highest BCUT2D eigenvalue weighted by Crippen LogP contribution is 2.22. The maximum Gasteiger partial charge on any atom is 0.291 e. The van der Waals surface area contributed by atoms with Crippen LogP contribution < -0.4 is 64.6 Å². The Hall–Kier alpha value is -11.8. The van der Waals surface area contributed by atoms with Gasteiger partial charge in [0.15, 0.2) is 5.82 Å². The van der Waals surface area contributed by atoms with Crippen LogP contribution in [0.15, 0.2) is 110 Å². The molecular formula is C58H66N20O11. The highest BCUT2D eigenvalue weighted by Gasteiger charge is 2.23. The second kappa shape index (κ2) is 27.5. The van der Waals surface area contributed by atoms with Crippen molar-refractivity contribution >= 4 is 105 Å². The number of nitrogens with two attached hydrogens (primary N) is 2. The van der Waals surface area contributed by atoms with E-state index in [-0.39, 0.29) is 95.8 Å². The predicted octanol–water partition coefficient (Wildman–Crippen LogP) is 2.16. The molecule has 0 unspecified atom stereocenters. The van der Waals surface area contributed by atoms with Gasteiger partial charge in [0.2, 0.25) is 17.7 Å². The first-order valence-corrected chi connectivity index (χ1v) is 27.4. The topological polar surface area (TPSA) is 408 Å². The molecular weight excluding hydrogens is 1150 g/mol. The van der Waals surface area contributed by atoms with Gasteiger partial charge < -0.3 is 96.6 Å². The van der Waals surface area contributed by atoms with Crippen LogP contribution in [0.1, 0.15) is 103 Å². The summed E-state index contributed by atoms with van der Waals surface area (Å²) < 4.78 is 10.6. The van der Waals surface area contributed by atoms with Crippen molar-refractivity contribution in [3.63, 3.8) is 0 Å². The quantitative estimate of drug-likeness (QED) is 0.0391. The van der Waals surface area contributed by atoms with E-state index in [1.54, 1.807) is 84.5 Å². The van der Waals surface area contributed by atoms with Crippen LogP contribution in [0.5, 0.6) is 0 Å². The summed E-state index contributed by atoms with van der Waals surface area (Å²) in [6.07, 6.45) is 12.2. The van der Waals surface area contributed by atoms with Crippen LogP contribution in [-0.2, 0) is 63.7 Å². The zero-order valence-electron chi connectivity index (χ0n) is 49.4. The monoisotopic (exact) mass is 1220 g/mol. The van der Waals surface area contributed by atoms with Gasteiger partial charge in [-0.15, -0.1) is 0 Å². The van der Waals surface area contributed by atoms with Gasteiger partial charge in [-0.05, 0) is 61.0 Å². The van der Waals surface area contributed by atoms with Crippen molar-refractivity contribution in [2.75, 3.05) is 56.9 Å². The molecule has 11 amide bonds. The third kappa shape index (κ3) is 16.0. The Kier molecular flexibility index (Phi) is 19.6. The molecule has 0 fully saturated rings. The number of carbonyl (C=O) groups is 11. The van der Waals surface area contributed by atoms with Crippen molar-refractivity contribution in [1.82, 2.24) is 52.9 Å². The molecule has 0 saturated carbocycles. The Labute approximate surface area is 507 Å². The van der Waals surface area contributed by atoms with Crippen molar-refractivity contribution in [1.29, 1.82) is 0 Å². The van der Waals surface area contributed by atoms with Crippen LogP contribution in [-0.4, -0.2) is 128 Å². The molecule has 8 rings (SSSR count). The van der Waals surface area contributed by atoms with Crippen LogP contribution in [0.4, 0.5) is 39.8 Å². The third-order valence-electron chi connectivity index (χ3n) is 13.8. The second-order valence-corrected chi connectivity index (χ2v) is 20.7. The molecule has 1 aromatic carbocycles. The maximum absolute atomic E-state index is 13.5. The smallest absolute Gasteiger partial charge is 0.291 e. The first-order valence-electron chi connectivity index (χ1n) is 27.4. The first kappa shape index (κ1) is 63.3. The number of hydrogen-bond acceptors (Lipinski definition) is 13. The average molecular weight is 1220 g/mol. The Morgan fingerprint density at radius 2 is 0.787 bits per heavy atom. The fourth-order valence-corrected chi connectivity index (χ4v) is 9.28. The summed E-state index contributed by atoms with van der Waals surface area (Å²) in [6, 6.07) is 13.9. The molecule has 0 aliphatic rings. The molecule has 31 heteroatoms. The number of primary amides is 1. The normalized spacial score (nSPS) is 11.2. The molecule has 89 heavy (non-hydrogen) atoms. The molecule has 14 N–H and O–H groups in total. The van der Waals surface area contributed by atoms with Gasteiger partial charge in [0, 0.05) is 143 Å². The zero-order chi connectivity index (χ0) is 64.4. The minimum absolute atomic E-state index is 0.000172. The summed E-state index contributed by atoms with van der Waals surface area (Å²) >= 11 is 0. The molecule has 464 valence electrons. The lowest BCUT2D eigenvalue weighted by atomic mass is 10.2. The molecule has 0 bridgehead atoms. The molecule has 0 saturated heterocycles. The number of carbonyl (C=O) groups excluding carboxylic acids is 11. The van der Waals surface area contributed by atoms with Crippen LogP contribution in [0.2, 0.25) is 0 Å². The van der Waals surface area contributed by atoms with E-state index in [1.165, 1.54) is 107 Å². The lowest BCUT2D eigenvalue weighted by Gasteiger charge is -2.12. The van der Waals surface area contributed by atoms with Gasteiger partial charge in [0.25, 0.3) is 47.3 Å². The van der Waals surface area contributed by atoms with E-state index in [9.17, 15) is 52.7 Å². The van der Waals surface area contributed by atoms with Gasteiger partial charge in [-0.2, -0.15) is 0 Å². The molecule has 8 aromatic rings. The molecule has 7 heterocycles. The lowest BCUT2D eigenvalue weighted by molar-refractivity contribution is -0.118. The largest absolute Gasteiger partial charge is 0.364 e. The summed E-state index contributed by atoms with van der Waals surface area (Å²) in [5.74, 6) is -5.42. The first-order chi connectivity index (χ1) is 42.3. The van der Waals surface area contributed by atoms with E-state index >= 15 is 0 Å². The van der Waals surface area contributed by atoms with Gasteiger partial charge in [-0.1, -0.05) is 6.07 Å². The molecule has 1 atom stereocenters. The second-order valence-electron chi connectivity index (χ2n) is 20.7. The number of aromatic nitrogens is 8. The number of anilines is 7. The predicted molar refractivity (Wildman–Crippen MR) is 327 cm³/mol. The average Bonchev–Trinajstić information content (AvgIpc) is 4.06. The molecule has 7 aromatic heterocycles. The van der Waals surface area contributed by atoms with E-state index in [0.717, 1.165) is 0 Å². The summed E-state index contributed by atoms with van der Waals surface area (Å²) in [4.78, 5) is 146. The molecule has 0 aliphatic heterocycles. The number of nitrogens with one attached hydrogen (secondary N) is 10. The molecule has 0 aliphatic carbocycles. The molecule has 0 spiro atoms. The van der Waals surface area contributed by atoms with Crippen LogP contribution in [0.25, 0.3) is 0 Å². The molecule has 31 nitrogen and oxygen atoms in total. The maximum atomic E-state index is 13.5. The zero-order valence-corrected chi connectivity index (χ0v) is 49.4. The van der Waals surface area contributed by atoms with E-state index < -0.39 is 71.0 Å². The van der Waals surface area contributed by atoms with Gasteiger partial charge in [-0.3, -0.25) is 52.7 Å². The SMILES string of the molecule is Cn1cc(NC(=O)CCNC(=O)c2cc(NC(=O)c3cc(NC(=O)c4cc(NC(=O)[C@H](N)CCNC(=O)c5cc(NC(=O)c6cccc(NC(=O)CCNC(=O)c7cc(NC(=O)c8nccn8C)cn7C)c6)cn5C)cn4C)cn3C)cn2C)cc1C(N)=O. The van der Waals surface area contributed by atoms with Gasteiger partial charge in [0.05, 0.1) is 40.2 Å². The lowest BCUT2D eigenvalue weighted by Crippen LogP contribution is -2.39. The van der Waals surface area contributed by atoms with Crippen molar-refractivity contribution in [3.05, 3.63) is 156 Å². The van der Waals surface area contributed by atoms with E-state index in [4.69, 9.17) is 11.5 Å². The van der Waals surface area contributed by atoms with E-state index in [2.05, 4.69) is 58.2 Å². The van der Waals surface area contributed by atoms with Crippen molar-refractivity contribution in [2.24, 2.45) is 60.8 Å². The van der Waals surface area contributed by atoms with Gasteiger partial charge in [0.1, 0.15) is 34.2 Å². The van der Waals surface area contributed by atoms with Crippen molar-refractivity contribution in [3.8, 4) is 0 Å². The summed E-state index contributed by atoms with van der Waals surface area (Å²) in [7, 11) is 11.4. The summed E-state index contributed by atoms with van der Waals surface area (Å²) in [5, 5.41) is 27.1. The number of hydrogen-bond donors (Lipinski definition) is 12. The standard InChI is InChI=1S/C58H66N20O11/c1-72-18-17-61-50(72)58(89)71-39-23-44(76(5)31-39)55(86)63-15-12-47(79)65-33-10-8-9-32(19-33)51(82)67-35-21-42(74(3)27-35)53(84)62-14-11-40(59)52(83)68-36-24-45(77(6)28-36)56(87)70-38-25-46(78(7)30-38)57(88)69-37-22-43(75(4)29-37)54(85)64-16-13-48(80)66-34-20-41(49(60)81)73(2)26-34/h8-10,17-31,40H,11-16,59H2,1-7H3,(H2,60,81)(H,62,84)(H,63,86)(H,64,85)(H,65,79)(H,66,80)(H,67,82)(H,68,83)(H,69,88)(H,70,87)(H,71,89)/t40-/m1/s1. The van der Waals surface area contributed by atoms with Crippen molar-refractivity contribution in [2.45, 2.75) is 25.3 Å². The highest BCUT2D eigenvalue weighted by atomic mass is 16.2. The number of benzene rings is 1. The third-order valence-corrected chi connectivity index (χ3v) is 13.8. The Morgan fingerprint density at radius 3 is 1.21 bits per heavy atom.